The smallest absolute Gasteiger partial charge is 0.464 e. The molecule has 13 rings (SSSR count). The number of aryl methyl sites for hydroxylation is 4. The molecule has 12 aromatic rings. The number of methoxy groups -OCH3 is 2. The second kappa shape index (κ2) is 36.8. The topological polar surface area (TPSA) is 365 Å². The summed E-state index contributed by atoms with van der Waals surface area (Å²) in [6.07, 6.45) is 14.4. The number of esters is 2. The number of amides is 2. The van der Waals surface area contributed by atoms with Gasteiger partial charge >= 0.3 is 19.1 Å². The number of pyridine rings is 6. The molecule has 2 amide bonds. The fraction of sp³-hybridized carbons (Fsp3) is 0.385. The number of nitrogens with one attached hydrogen (secondary N) is 2. The monoisotopic (exact) mass is 1590 g/mol. The second-order valence-corrected chi connectivity index (χ2v) is 29.8. The van der Waals surface area contributed by atoms with Crippen LogP contribution in [0.15, 0.2) is 139 Å². The number of ether oxygens (including phenoxy) is 2. The average molecular weight is 1590 g/mol. The number of hydrogen-bond donors (Lipinski definition) is 2. The van der Waals surface area contributed by atoms with Gasteiger partial charge in [0.25, 0.3) is 11.8 Å². The van der Waals surface area contributed by atoms with Gasteiger partial charge in [0.1, 0.15) is 50.4 Å². The second-order valence-electron chi connectivity index (χ2n) is 29.0. The summed E-state index contributed by atoms with van der Waals surface area (Å²) in [5, 5.41) is 47.1. The molecular formula is C78H96BBrN24O8. The Labute approximate surface area is 659 Å². The highest BCUT2D eigenvalue weighted by atomic mass is 79.9. The Morgan fingerprint density at radius 3 is 1.11 bits per heavy atom. The largest absolute Gasteiger partial charge is 0.495 e. The molecule has 0 atom stereocenters. The standard InChI is InChI=1S/2C22H25N9O.C14H20BNO4.C14H17N3O2.C6H9BrN2/c2*1-13(2)30-10-9-17(27-30)16-11-19(23-12-15(16)5)22(32)25-20-8-6-7-18(24-20)21-26-28-29-31(21)14(3)4;1-9-8-16-11(12(17)18-6)7-10(9)15-19-13(2,3)14(4,5)20-15;1-9(2)17-6-5-12(16-17)11-7-13(14(18)19-4)15-8-10(11)3;1-5(2)9-4-3-6(7)8-9/h2*6-14H,1-5H3,(H,24,25,32);7-8H,1-6H3;5-9H,1-4H3;3-5H,1-2H3. The maximum absolute atomic E-state index is 12.9. The summed E-state index contributed by atoms with van der Waals surface area (Å²) in [5.74, 6) is 0.218. The maximum Gasteiger partial charge on any atom is 0.495 e. The van der Waals surface area contributed by atoms with Crippen LogP contribution in [0.2, 0.25) is 0 Å². The van der Waals surface area contributed by atoms with Crippen LogP contribution in [-0.2, 0) is 18.8 Å². The van der Waals surface area contributed by atoms with Crippen molar-refractivity contribution in [3.8, 4) is 56.8 Å². The number of anilines is 2. The van der Waals surface area contributed by atoms with Crippen LogP contribution in [0.5, 0.6) is 0 Å². The van der Waals surface area contributed by atoms with E-state index < -0.39 is 30.3 Å². The highest BCUT2D eigenvalue weighted by Gasteiger charge is 2.52. The van der Waals surface area contributed by atoms with Crippen molar-refractivity contribution in [2.24, 2.45) is 0 Å². The van der Waals surface area contributed by atoms with Crippen LogP contribution in [0.3, 0.4) is 0 Å². The third kappa shape index (κ3) is 20.8. The van der Waals surface area contributed by atoms with Gasteiger partial charge in [0.05, 0.1) is 54.6 Å². The summed E-state index contributed by atoms with van der Waals surface area (Å²) >= 11 is 3.27. The van der Waals surface area contributed by atoms with Crippen LogP contribution < -0.4 is 16.1 Å². The Balaban J connectivity index is 0.000000169. The van der Waals surface area contributed by atoms with E-state index >= 15 is 0 Å². The van der Waals surface area contributed by atoms with Gasteiger partial charge < -0.3 is 29.4 Å². The summed E-state index contributed by atoms with van der Waals surface area (Å²) < 4.78 is 33.2. The molecule has 0 bridgehead atoms. The van der Waals surface area contributed by atoms with Gasteiger partial charge in [0.15, 0.2) is 0 Å². The lowest BCUT2D eigenvalue weighted by molar-refractivity contribution is 0.00578. The summed E-state index contributed by atoms with van der Waals surface area (Å²) in [5.41, 5.74) is 11.0. The molecule has 13 heterocycles. The Bertz CT molecular complexity index is 5030. The first-order valence-corrected chi connectivity index (χ1v) is 37.3. The Morgan fingerprint density at radius 1 is 0.438 bits per heavy atom. The minimum absolute atomic E-state index is 0.0781. The molecule has 0 spiro atoms. The van der Waals surface area contributed by atoms with E-state index in [0.717, 1.165) is 66.1 Å². The van der Waals surface area contributed by atoms with Crippen LogP contribution in [0.25, 0.3) is 56.8 Å². The molecule has 0 aromatic carbocycles. The van der Waals surface area contributed by atoms with Crippen molar-refractivity contribution in [1.82, 2.24) is 109 Å². The normalized spacial score (nSPS) is 12.7. The van der Waals surface area contributed by atoms with E-state index in [1.165, 1.54) is 14.2 Å². The van der Waals surface area contributed by atoms with Gasteiger partial charge in [-0.1, -0.05) is 12.1 Å². The number of carbonyl (C=O) groups is 4. The van der Waals surface area contributed by atoms with Crippen molar-refractivity contribution in [3.63, 3.8) is 0 Å². The number of rotatable bonds is 18. The maximum atomic E-state index is 12.9. The Morgan fingerprint density at radius 2 is 0.777 bits per heavy atom. The fourth-order valence-corrected chi connectivity index (χ4v) is 11.1. The van der Waals surface area contributed by atoms with E-state index in [0.29, 0.717) is 52.5 Å². The first kappa shape index (κ1) is 84.2. The third-order valence-corrected chi connectivity index (χ3v) is 18.4. The van der Waals surface area contributed by atoms with E-state index in [2.05, 4.69) is 168 Å². The molecule has 1 fully saturated rings. The molecule has 12 aromatic heterocycles. The lowest BCUT2D eigenvalue weighted by atomic mass is 9.76. The predicted octanol–water partition coefficient (Wildman–Crippen LogP) is 13.8. The lowest BCUT2D eigenvalue weighted by Crippen LogP contribution is -2.41. The molecule has 1 aliphatic heterocycles. The highest BCUT2D eigenvalue weighted by Crippen LogP contribution is 2.37. The van der Waals surface area contributed by atoms with E-state index in [1.54, 1.807) is 94.8 Å². The number of nitrogens with zero attached hydrogens (tertiary/aromatic N) is 22. The predicted molar refractivity (Wildman–Crippen MR) is 428 cm³/mol. The van der Waals surface area contributed by atoms with E-state index in [9.17, 15) is 19.2 Å². The Hall–Kier alpha value is -11.8. The van der Waals surface area contributed by atoms with E-state index in [4.69, 9.17) is 14.0 Å². The zero-order valence-corrected chi connectivity index (χ0v) is 68.8. The molecule has 2 N–H and O–H groups in total. The number of halogens is 1. The Kier molecular flexibility index (Phi) is 27.7. The van der Waals surface area contributed by atoms with Gasteiger partial charge in [-0.25, -0.2) is 38.9 Å². The van der Waals surface area contributed by atoms with Crippen molar-refractivity contribution in [2.45, 2.75) is 186 Å². The summed E-state index contributed by atoms with van der Waals surface area (Å²) in [6, 6.07) is 26.7. The van der Waals surface area contributed by atoms with E-state index in [-0.39, 0.29) is 53.1 Å². The van der Waals surface area contributed by atoms with Crippen LogP contribution >= 0.6 is 15.9 Å². The number of aromatic nitrogens is 22. The first-order valence-electron chi connectivity index (χ1n) is 36.5. The van der Waals surface area contributed by atoms with Crippen LogP contribution in [0.4, 0.5) is 11.6 Å². The summed E-state index contributed by atoms with van der Waals surface area (Å²) in [6.45, 7) is 40.2. The quantitative estimate of drug-likeness (QED) is 0.0595. The minimum Gasteiger partial charge on any atom is -0.464 e. The molecule has 1 saturated heterocycles. The van der Waals surface area contributed by atoms with Crippen molar-refractivity contribution in [1.29, 1.82) is 0 Å². The molecule has 34 heteroatoms. The molecule has 586 valence electrons. The molecule has 0 radical (unpaired) electrons. The molecule has 32 nitrogen and oxygen atoms in total. The highest BCUT2D eigenvalue weighted by molar-refractivity contribution is 9.10. The van der Waals surface area contributed by atoms with Crippen molar-refractivity contribution >= 4 is 63.9 Å². The van der Waals surface area contributed by atoms with Crippen LogP contribution in [0, 0.1) is 27.7 Å². The molecule has 112 heavy (non-hydrogen) atoms. The van der Waals surface area contributed by atoms with Gasteiger partial charge in [-0.2, -0.15) is 20.4 Å². The number of tetrazole rings is 2. The van der Waals surface area contributed by atoms with Crippen LogP contribution in [-0.4, -0.2) is 166 Å². The van der Waals surface area contributed by atoms with Gasteiger partial charge in [0, 0.05) is 90.4 Å². The lowest BCUT2D eigenvalue weighted by Gasteiger charge is -2.32. The van der Waals surface area contributed by atoms with Gasteiger partial charge in [-0.05, 0) is 276 Å². The number of carbonyl (C=O) groups excluding carboxylic acids is 4. The number of hydrogen-bond acceptors (Lipinski definition) is 24. The molecule has 0 unspecified atom stereocenters. The SMILES string of the molecule is CC(C)n1ccc(Br)n1.COC(=O)c1cc(-c2ccn(C(C)C)n2)c(C)cn1.COC(=O)c1cc(B2OC(C)(C)C(C)(C)O2)c(C)cn1.Cc1cnc(C(=O)Nc2cccc(-c3nnnn3C(C)C)n2)cc1-c1ccn(C(C)C)n1.Cc1cnc(C(=O)Nc2cccc(-c3nnnn3C(C)C)n2)cc1-c1ccn(C(C)C)n1. The molecule has 0 aliphatic carbocycles. The van der Waals surface area contributed by atoms with Crippen molar-refractivity contribution in [2.75, 3.05) is 24.9 Å². The van der Waals surface area contributed by atoms with Gasteiger partial charge in [-0.3, -0.25) is 38.3 Å². The van der Waals surface area contributed by atoms with Crippen molar-refractivity contribution < 1.29 is 38.0 Å². The molecule has 1 aliphatic rings. The minimum atomic E-state index is -0.508. The fourth-order valence-electron chi connectivity index (χ4n) is 10.8. The summed E-state index contributed by atoms with van der Waals surface area (Å²) in [7, 11) is 2.17. The van der Waals surface area contributed by atoms with Gasteiger partial charge in [-0.15, -0.1) is 10.2 Å². The molecule has 0 saturated carbocycles. The zero-order chi connectivity index (χ0) is 81.6. The van der Waals surface area contributed by atoms with Crippen LogP contribution in [0.1, 0.15) is 211 Å². The summed E-state index contributed by atoms with van der Waals surface area (Å²) in [4.78, 5) is 74.7. The van der Waals surface area contributed by atoms with E-state index in [1.807, 2.05) is 151 Å². The van der Waals surface area contributed by atoms with Crippen molar-refractivity contribution in [3.05, 3.63) is 184 Å². The third-order valence-electron chi connectivity index (χ3n) is 18.0. The van der Waals surface area contributed by atoms with Gasteiger partial charge in [0.2, 0.25) is 11.6 Å². The molecular weight excluding hydrogens is 1490 g/mol. The average Bonchev–Trinajstić information content (AvgIpc) is 1.49. The zero-order valence-electron chi connectivity index (χ0n) is 67.2. The first-order chi connectivity index (χ1) is 53.1.